The maximum absolute atomic E-state index is 11.6. The normalized spacial score (nSPS) is 14.0. The van der Waals surface area contributed by atoms with Gasteiger partial charge in [0.1, 0.15) is 0 Å². The first-order valence-electron chi connectivity index (χ1n) is 8.39. The molecule has 0 amide bonds. The number of aliphatic hydroxyl groups excluding tert-OH is 2. The summed E-state index contributed by atoms with van der Waals surface area (Å²) >= 11 is 0. The minimum atomic E-state index is -1.09. The minimum Gasteiger partial charge on any atom is -0.477 e. The van der Waals surface area contributed by atoms with Crippen molar-refractivity contribution in [2.24, 2.45) is 9.98 Å². The van der Waals surface area contributed by atoms with Crippen LogP contribution < -0.4 is 10.7 Å². The fraction of sp³-hybridized carbons (Fsp3) is 0.250. The topological polar surface area (TPSA) is 102 Å². The Morgan fingerprint density at radius 2 is 1.73 bits per heavy atom. The van der Waals surface area contributed by atoms with E-state index in [0.29, 0.717) is 16.5 Å². The van der Waals surface area contributed by atoms with Crippen molar-refractivity contribution in [1.82, 2.24) is 0 Å². The molecule has 6 nitrogen and oxygen atoms in total. The number of fused-ring (bicyclic) bond motifs is 4. The lowest BCUT2D eigenvalue weighted by Gasteiger charge is -2.18. The Balaban J connectivity index is 2.19. The average Bonchev–Trinajstić information content (AvgIpc) is 3.18. The summed E-state index contributed by atoms with van der Waals surface area (Å²) in [5.74, 6) is -1.66. The molecule has 2 aromatic rings. The number of rotatable bonds is 4. The molecule has 0 spiro atoms. The third-order valence-electron chi connectivity index (χ3n) is 5.14. The van der Waals surface area contributed by atoms with Crippen LogP contribution in [0.15, 0.2) is 39.9 Å². The SMILES string of the molecule is CC1=C(C(=O)O)N=c2c1c(C)c1c(c2C(CO)CO)-c2ccccc2N=1. The largest absolute Gasteiger partial charge is 0.477 e. The minimum absolute atomic E-state index is 0.00376. The smallest absolute Gasteiger partial charge is 0.354 e. The fourth-order valence-electron chi connectivity index (χ4n) is 3.91. The zero-order chi connectivity index (χ0) is 18.6. The van der Waals surface area contributed by atoms with Crippen LogP contribution in [0.3, 0.4) is 0 Å². The zero-order valence-corrected chi connectivity index (χ0v) is 14.4. The third-order valence-corrected chi connectivity index (χ3v) is 5.14. The molecule has 2 aliphatic rings. The Kier molecular flexibility index (Phi) is 3.75. The molecule has 3 N–H and O–H groups in total. The van der Waals surface area contributed by atoms with Gasteiger partial charge in [-0.3, -0.25) is 0 Å². The van der Waals surface area contributed by atoms with Crippen molar-refractivity contribution in [3.63, 3.8) is 0 Å². The first kappa shape index (κ1) is 16.6. The van der Waals surface area contributed by atoms with Crippen LogP contribution in [0.25, 0.3) is 16.7 Å². The van der Waals surface area contributed by atoms with Gasteiger partial charge in [-0.25, -0.2) is 14.8 Å². The second-order valence-electron chi connectivity index (χ2n) is 6.57. The van der Waals surface area contributed by atoms with E-state index in [9.17, 15) is 20.1 Å². The van der Waals surface area contributed by atoms with E-state index >= 15 is 0 Å². The first-order valence-corrected chi connectivity index (χ1v) is 8.39. The second kappa shape index (κ2) is 5.86. The quantitative estimate of drug-likeness (QED) is 0.662. The summed E-state index contributed by atoms with van der Waals surface area (Å²) < 4.78 is 0. The number of aliphatic hydroxyl groups is 2. The van der Waals surface area contributed by atoms with Gasteiger partial charge in [0.15, 0.2) is 5.70 Å². The molecule has 132 valence electrons. The van der Waals surface area contributed by atoms with Crippen LogP contribution in [-0.2, 0) is 4.79 Å². The monoisotopic (exact) mass is 350 g/mol. The van der Waals surface area contributed by atoms with Gasteiger partial charge in [0.25, 0.3) is 0 Å². The molecule has 4 rings (SSSR count). The van der Waals surface area contributed by atoms with E-state index in [1.165, 1.54) is 0 Å². The van der Waals surface area contributed by atoms with E-state index in [4.69, 9.17) is 4.99 Å². The number of carbonyl (C=O) groups is 1. The Labute approximate surface area is 149 Å². The van der Waals surface area contributed by atoms with Gasteiger partial charge < -0.3 is 15.3 Å². The summed E-state index contributed by atoms with van der Waals surface area (Å²) in [6, 6.07) is 7.68. The van der Waals surface area contributed by atoms with Crippen molar-refractivity contribution in [3.8, 4) is 11.1 Å². The average molecular weight is 350 g/mol. The van der Waals surface area contributed by atoms with Crippen molar-refractivity contribution in [1.29, 1.82) is 0 Å². The van der Waals surface area contributed by atoms with Crippen molar-refractivity contribution in [2.45, 2.75) is 19.8 Å². The Bertz CT molecular complexity index is 1110. The van der Waals surface area contributed by atoms with Crippen LogP contribution >= 0.6 is 0 Å². The van der Waals surface area contributed by atoms with Crippen LogP contribution in [0, 0.1) is 6.92 Å². The van der Waals surface area contributed by atoms with E-state index in [2.05, 4.69) is 4.99 Å². The van der Waals surface area contributed by atoms with Gasteiger partial charge in [-0.2, -0.15) is 0 Å². The highest BCUT2D eigenvalue weighted by atomic mass is 16.4. The van der Waals surface area contributed by atoms with Crippen molar-refractivity contribution >= 4 is 17.2 Å². The van der Waals surface area contributed by atoms with Crippen LogP contribution in [-0.4, -0.2) is 34.5 Å². The lowest BCUT2D eigenvalue weighted by Crippen LogP contribution is -2.28. The predicted molar refractivity (Wildman–Crippen MR) is 95.7 cm³/mol. The number of carboxylic acid groups (broad SMARTS) is 1. The summed E-state index contributed by atoms with van der Waals surface area (Å²) in [6.45, 7) is 3.11. The number of benzene rings is 2. The molecule has 0 saturated carbocycles. The van der Waals surface area contributed by atoms with Crippen LogP contribution in [0.4, 0.5) is 5.69 Å². The summed E-state index contributed by atoms with van der Waals surface area (Å²) in [5.41, 5.74) is 5.40. The van der Waals surface area contributed by atoms with Gasteiger partial charge in [0, 0.05) is 22.6 Å². The molecular weight excluding hydrogens is 332 g/mol. The van der Waals surface area contributed by atoms with Gasteiger partial charge in [-0.05, 0) is 36.6 Å². The maximum Gasteiger partial charge on any atom is 0.354 e. The molecule has 0 bridgehead atoms. The highest BCUT2D eigenvalue weighted by Gasteiger charge is 2.31. The Hall–Kier alpha value is -2.83. The molecule has 2 heterocycles. The van der Waals surface area contributed by atoms with Crippen molar-refractivity contribution < 1.29 is 20.1 Å². The van der Waals surface area contributed by atoms with E-state index < -0.39 is 11.9 Å². The van der Waals surface area contributed by atoms with Crippen LogP contribution in [0.1, 0.15) is 29.5 Å². The zero-order valence-electron chi connectivity index (χ0n) is 14.4. The fourth-order valence-corrected chi connectivity index (χ4v) is 3.91. The van der Waals surface area contributed by atoms with E-state index in [1.54, 1.807) is 6.92 Å². The third kappa shape index (κ3) is 2.09. The van der Waals surface area contributed by atoms with E-state index in [0.717, 1.165) is 33.3 Å². The number of carboxylic acids is 1. The summed E-state index contributed by atoms with van der Waals surface area (Å²) in [5, 5.41) is 30.4. The molecule has 0 unspecified atom stereocenters. The molecule has 0 aromatic heterocycles. The van der Waals surface area contributed by atoms with E-state index in [1.807, 2.05) is 31.2 Å². The highest BCUT2D eigenvalue weighted by molar-refractivity contribution is 5.98. The number of allylic oxidation sites excluding steroid dienone is 1. The summed E-state index contributed by atoms with van der Waals surface area (Å²) in [7, 11) is 0. The first-order chi connectivity index (χ1) is 12.5. The Morgan fingerprint density at radius 1 is 1.04 bits per heavy atom. The number of nitrogens with zero attached hydrogens (tertiary/aromatic N) is 2. The molecule has 2 aliphatic heterocycles. The molecule has 2 aromatic carbocycles. The predicted octanol–water partition coefficient (Wildman–Crippen LogP) is 1.44. The molecular formula is C20H18N2O4. The molecule has 0 aliphatic carbocycles. The van der Waals surface area contributed by atoms with Crippen molar-refractivity contribution in [2.75, 3.05) is 13.2 Å². The van der Waals surface area contributed by atoms with E-state index in [-0.39, 0.29) is 18.9 Å². The highest BCUT2D eigenvalue weighted by Crippen LogP contribution is 2.38. The van der Waals surface area contributed by atoms with Gasteiger partial charge >= 0.3 is 5.97 Å². The molecule has 26 heavy (non-hydrogen) atoms. The summed E-state index contributed by atoms with van der Waals surface area (Å²) in [4.78, 5) is 20.7. The molecule has 0 fully saturated rings. The van der Waals surface area contributed by atoms with Gasteiger partial charge in [-0.1, -0.05) is 18.2 Å². The second-order valence-corrected chi connectivity index (χ2v) is 6.57. The molecule has 0 saturated heterocycles. The van der Waals surface area contributed by atoms with Gasteiger partial charge in [0.05, 0.1) is 29.6 Å². The Morgan fingerprint density at radius 3 is 2.38 bits per heavy atom. The van der Waals surface area contributed by atoms with Gasteiger partial charge in [0.2, 0.25) is 0 Å². The number of para-hydroxylation sites is 1. The lowest BCUT2D eigenvalue weighted by atomic mass is 9.86. The van der Waals surface area contributed by atoms with Crippen LogP contribution in [0.5, 0.6) is 0 Å². The lowest BCUT2D eigenvalue weighted by molar-refractivity contribution is -0.132. The van der Waals surface area contributed by atoms with Gasteiger partial charge in [-0.15, -0.1) is 0 Å². The summed E-state index contributed by atoms with van der Waals surface area (Å²) in [6.07, 6.45) is 0. The number of hydrogen-bond acceptors (Lipinski definition) is 5. The number of aliphatic carboxylic acids is 1. The molecule has 0 atom stereocenters. The van der Waals surface area contributed by atoms with Crippen molar-refractivity contribution in [3.05, 3.63) is 57.4 Å². The van der Waals surface area contributed by atoms with Crippen LogP contribution in [0.2, 0.25) is 0 Å². The molecule has 6 heteroatoms. The maximum atomic E-state index is 11.6. The number of hydrogen-bond donors (Lipinski definition) is 3. The molecule has 0 radical (unpaired) electrons. The standard InChI is InChI=1S/C20H18N2O4/c1-9-14-10(2)18(20(25)26)22-19(14)15(11(7-23)8-24)16-12-5-3-4-6-13(12)21-17(9)16/h3-6,11,23-24H,7-8H2,1-2H3,(H,25,26).